The van der Waals surface area contributed by atoms with E-state index >= 15 is 0 Å². The van der Waals surface area contributed by atoms with Gasteiger partial charge in [0.2, 0.25) is 0 Å². The van der Waals surface area contributed by atoms with Crippen LogP contribution in [0.25, 0.3) is 0 Å². The Hall–Kier alpha value is -3.43. The van der Waals surface area contributed by atoms with Gasteiger partial charge >= 0.3 is 6.03 Å². The lowest BCUT2D eigenvalue weighted by molar-refractivity contribution is 0.0951. The Balaban J connectivity index is 1.20. The Bertz CT molecular complexity index is 1070. The van der Waals surface area contributed by atoms with Gasteiger partial charge in [-0.1, -0.05) is 18.2 Å². The van der Waals surface area contributed by atoms with Gasteiger partial charge in [-0.3, -0.25) is 9.69 Å². The Kier molecular flexibility index (Phi) is 8.11. The Morgan fingerprint density at radius 1 is 1.06 bits per heavy atom. The molecular weight excluding hydrogens is 448 g/mol. The summed E-state index contributed by atoms with van der Waals surface area (Å²) in [6, 6.07) is 16.6. The zero-order valence-electron chi connectivity index (χ0n) is 19.2. The van der Waals surface area contributed by atoms with Crippen LogP contribution in [0.5, 0.6) is 0 Å². The van der Waals surface area contributed by atoms with Gasteiger partial charge < -0.3 is 20.9 Å². The van der Waals surface area contributed by atoms with Crippen LogP contribution in [-0.2, 0) is 6.54 Å². The summed E-state index contributed by atoms with van der Waals surface area (Å²) in [5, 5.41) is 10.7. The summed E-state index contributed by atoms with van der Waals surface area (Å²) in [5.74, 6) is 0.839. The highest BCUT2D eigenvalue weighted by atomic mass is 32.1. The maximum absolute atomic E-state index is 12.5. The molecule has 8 nitrogen and oxygen atoms in total. The van der Waals surface area contributed by atoms with E-state index in [9.17, 15) is 9.59 Å². The molecule has 1 atom stereocenters. The molecular formula is C25H30N6O2S. The average molecular weight is 479 g/mol. The van der Waals surface area contributed by atoms with E-state index in [1.807, 2.05) is 48.8 Å². The normalized spacial score (nSPS) is 14.9. The lowest BCUT2D eigenvalue weighted by Crippen LogP contribution is -2.51. The molecule has 1 saturated heterocycles. The number of piperazine rings is 1. The van der Waals surface area contributed by atoms with E-state index < -0.39 is 0 Å². The predicted octanol–water partition coefficient (Wildman–Crippen LogP) is 3.41. The van der Waals surface area contributed by atoms with Crippen LogP contribution in [0.2, 0.25) is 0 Å². The largest absolute Gasteiger partial charge is 0.354 e. The SMILES string of the molecule is CC(CN1CCN(c2ccccn2)CC1)NC(=O)Nc1cccc(C(=O)NCc2cccs2)c1. The number of thiophene rings is 1. The zero-order chi connectivity index (χ0) is 23.8. The van der Waals surface area contributed by atoms with Crippen LogP contribution in [0.4, 0.5) is 16.3 Å². The van der Waals surface area contributed by atoms with Crippen molar-refractivity contribution in [2.24, 2.45) is 0 Å². The molecule has 1 unspecified atom stereocenters. The number of pyridine rings is 1. The summed E-state index contributed by atoms with van der Waals surface area (Å²) in [6.07, 6.45) is 1.82. The Morgan fingerprint density at radius 2 is 1.91 bits per heavy atom. The highest BCUT2D eigenvalue weighted by molar-refractivity contribution is 7.09. The maximum Gasteiger partial charge on any atom is 0.319 e. The number of rotatable bonds is 8. The monoisotopic (exact) mass is 478 g/mol. The number of nitrogens with zero attached hydrogens (tertiary/aromatic N) is 3. The van der Waals surface area contributed by atoms with Crippen LogP contribution >= 0.6 is 11.3 Å². The van der Waals surface area contributed by atoms with Gasteiger partial charge in [0.25, 0.3) is 5.91 Å². The molecule has 9 heteroatoms. The molecule has 0 spiro atoms. The minimum Gasteiger partial charge on any atom is -0.354 e. The molecule has 3 aromatic rings. The number of aromatic nitrogens is 1. The molecule has 3 N–H and O–H groups in total. The molecule has 1 aromatic carbocycles. The van der Waals surface area contributed by atoms with Gasteiger partial charge in [0.05, 0.1) is 6.54 Å². The smallest absolute Gasteiger partial charge is 0.319 e. The second kappa shape index (κ2) is 11.6. The van der Waals surface area contributed by atoms with Crippen molar-refractivity contribution in [1.29, 1.82) is 0 Å². The molecule has 1 aliphatic heterocycles. The number of carbonyl (C=O) groups is 2. The molecule has 1 fully saturated rings. The number of benzene rings is 1. The van der Waals surface area contributed by atoms with E-state index in [0.717, 1.165) is 43.4 Å². The molecule has 34 heavy (non-hydrogen) atoms. The van der Waals surface area contributed by atoms with Gasteiger partial charge in [-0.25, -0.2) is 9.78 Å². The highest BCUT2D eigenvalue weighted by Crippen LogP contribution is 2.14. The van der Waals surface area contributed by atoms with E-state index in [4.69, 9.17) is 0 Å². The summed E-state index contributed by atoms with van der Waals surface area (Å²) < 4.78 is 0. The number of urea groups is 1. The van der Waals surface area contributed by atoms with E-state index in [0.29, 0.717) is 17.8 Å². The van der Waals surface area contributed by atoms with Crippen LogP contribution in [0, 0.1) is 0 Å². The molecule has 3 heterocycles. The third-order valence-electron chi connectivity index (χ3n) is 5.64. The molecule has 1 aliphatic rings. The molecule has 0 aliphatic carbocycles. The molecule has 178 valence electrons. The van der Waals surface area contributed by atoms with Gasteiger partial charge in [0.15, 0.2) is 0 Å². The fourth-order valence-corrected chi connectivity index (χ4v) is 4.59. The standard InChI is InChI=1S/C25H30N6O2S/c1-19(18-30-11-13-31(14-12-30)23-9-2-3-10-26-23)28-25(33)29-21-7-4-6-20(16-21)24(32)27-17-22-8-5-15-34-22/h2-10,15-16,19H,11-14,17-18H2,1H3,(H,27,32)(H2,28,29,33). The second-order valence-electron chi connectivity index (χ2n) is 8.32. The topological polar surface area (TPSA) is 89.6 Å². The van der Waals surface area contributed by atoms with Crippen LogP contribution in [-0.4, -0.2) is 60.6 Å². The molecule has 0 saturated carbocycles. The molecule has 0 bridgehead atoms. The van der Waals surface area contributed by atoms with Crippen molar-refractivity contribution >= 4 is 34.8 Å². The van der Waals surface area contributed by atoms with E-state index in [1.54, 1.807) is 35.6 Å². The minimum absolute atomic E-state index is 0.0151. The predicted molar refractivity (Wildman–Crippen MR) is 136 cm³/mol. The summed E-state index contributed by atoms with van der Waals surface area (Å²) in [4.78, 5) is 35.1. The number of hydrogen-bond acceptors (Lipinski definition) is 6. The van der Waals surface area contributed by atoms with E-state index in [-0.39, 0.29) is 18.0 Å². The van der Waals surface area contributed by atoms with Crippen LogP contribution < -0.4 is 20.9 Å². The summed E-state index contributed by atoms with van der Waals surface area (Å²) in [5.41, 5.74) is 1.09. The molecule has 0 radical (unpaired) electrons. The van der Waals surface area contributed by atoms with Crippen molar-refractivity contribution < 1.29 is 9.59 Å². The summed E-state index contributed by atoms with van der Waals surface area (Å²) in [7, 11) is 0. The van der Waals surface area contributed by atoms with Gasteiger partial charge in [-0.2, -0.15) is 0 Å². The van der Waals surface area contributed by atoms with E-state index in [1.165, 1.54) is 0 Å². The van der Waals surface area contributed by atoms with Gasteiger partial charge in [0, 0.05) is 61.1 Å². The quantitative estimate of drug-likeness (QED) is 0.462. The zero-order valence-corrected chi connectivity index (χ0v) is 20.1. The third-order valence-corrected chi connectivity index (χ3v) is 6.52. The van der Waals surface area contributed by atoms with Crippen molar-refractivity contribution in [3.8, 4) is 0 Å². The number of amides is 3. The second-order valence-corrected chi connectivity index (χ2v) is 9.35. The first-order valence-electron chi connectivity index (χ1n) is 11.4. The van der Waals surface area contributed by atoms with Gasteiger partial charge in [-0.05, 0) is 48.7 Å². The Labute approximate surface area is 204 Å². The fourth-order valence-electron chi connectivity index (χ4n) is 3.95. The highest BCUT2D eigenvalue weighted by Gasteiger charge is 2.20. The first-order valence-corrected chi connectivity index (χ1v) is 12.3. The number of nitrogens with one attached hydrogen (secondary N) is 3. The van der Waals surface area contributed by atoms with Gasteiger partial charge in [-0.15, -0.1) is 11.3 Å². The number of hydrogen-bond donors (Lipinski definition) is 3. The third kappa shape index (κ3) is 6.79. The van der Waals surface area contributed by atoms with Crippen molar-refractivity contribution in [1.82, 2.24) is 20.5 Å². The van der Waals surface area contributed by atoms with Crippen molar-refractivity contribution in [2.75, 3.05) is 42.9 Å². The molecule has 4 rings (SSSR count). The number of anilines is 2. The summed E-state index contributed by atoms with van der Waals surface area (Å²) in [6.45, 7) is 6.93. The van der Waals surface area contributed by atoms with E-state index in [2.05, 4.69) is 30.7 Å². The first-order chi connectivity index (χ1) is 16.6. The summed E-state index contributed by atoms with van der Waals surface area (Å²) >= 11 is 1.60. The van der Waals surface area contributed by atoms with Crippen molar-refractivity contribution in [3.05, 3.63) is 76.6 Å². The van der Waals surface area contributed by atoms with Crippen LogP contribution in [0.1, 0.15) is 22.2 Å². The molecule has 2 aromatic heterocycles. The minimum atomic E-state index is -0.282. The van der Waals surface area contributed by atoms with Gasteiger partial charge in [0.1, 0.15) is 5.82 Å². The van der Waals surface area contributed by atoms with Crippen molar-refractivity contribution in [2.45, 2.75) is 19.5 Å². The Morgan fingerprint density at radius 3 is 2.65 bits per heavy atom. The van der Waals surface area contributed by atoms with Crippen LogP contribution in [0.15, 0.2) is 66.2 Å². The maximum atomic E-state index is 12.5. The van der Waals surface area contributed by atoms with Crippen LogP contribution in [0.3, 0.4) is 0 Å². The average Bonchev–Trinajstić information content (AvgIpc) is 3.37. The number of carbonyl (C=O) groups excluding carboxylic acids is 2. The lowest BCUT2D eigenvalue weighted by Gasteiger charge is -2.36. The lowest BCUT2D eigenvalue weighted by atomic mass is 10.2. The fraction of sp³-hybridized carbons (Fsp3) is 0.320. The van der Waals surface area contributed by atoms with Crippen molar-refractivity contribution in [3.63, 3.8) is 0 Å². The molecule has 3 amide bonds. The first kappa shape index (κ1) is 23.7.